The van der Waals surface area contributed by atoms with Gasteiger partial charge in [-0.05, 0) is 22.9 Å². The smallest absolute Gasteiger partial charge is 0.143 e. The third-order valence-electron chi connectivity index (χ3n) is 4.57. The van der Waals surface area contributed by atoms with E-state index in [0.717, 1.165) is 32.6 Å². The largest absolute Gasteiger partial charge is 0.337 e. The number of halogens is 2. The SMILES string of the molecule is Fc1cccc(Cl)c1-c1nc2c3ccccc3c3ccccc3c2[nH]1. The number of imidazole rings is 1. The topological polar surface area (TPSA) is 28.7 Å². The fourth-order valence-electron chi connectivity index (χ4n) is 3.47. The highest BCUT2D eigenvalue weighted by molar-refractivity contribution is 6.33. The van der Waals surface area contributed by atoms with Crippen molar-refractivity contribution in [2.45, 2.75) is 0 Å². The lowest BCUT2D eigenvalue weighted by Gasteiger charge is -2.05. The van der Waals surface area contributed by atoms with Gasteiger partial charge in [0.1, 0.15) is 11.6 Å². The lowest BCUT2D eigenvalue weighted by Crippen LogP contribution is -1.87. The van der Waals surface area contributed by atoms with Crippen LogP contribution in [0.4, 0.5) is 4.39 Å². The third-order valence-corrected chi connectivity index (χ3v) is 4.89. The quantitative estimate of drug-likeness (QED) is 0.353. The molecule has 5 aromatic rings. The van der Waals surface area contributed by atoms with Crippen molar-refractivity contribution in [2.24, 2.45) is 0 Å². The van der Waals surface area contributed by atoms with Gasteiger partial charge in [0.15, 0.2) is 0 Å². The maximum atomic E-state index is 14.3. The van der Waals surface area contributed by atoms with E-state index in [4.69, 9.17) is 16.6 Å². The average Bonchev–Trinajstić information content (AvgIpc) is 3.07. The Morgan fingerprint density at radius 1 is 0.760 bits per heavy atom. The Kier molecular flexibility index (Phi) is 3.06. The summed E-state index contributed by atoms with van der Waals surface area (Å²) in [7, 11) is 0. The molecule has 0 atom stereocenters. The molecule has 4 aromatic carbocycles. The number of nitrogens with zero attached hydrogens (tertiary/aromatic N) is 1. The summed E-state index contributed by atoms with van der Waals surface area (Å²) >= 11 is 6.23. The van der Waals surface area contributed by atoms with Gasteiger partial charge in [0.25, 0.3) is 0 Å². The first-order chi connectivity index (χ1) is 12.2. The van der Waals surface area contributed by atoms with Crippen LogP contribution in [-0.2, 0) is 0 Å². The molecular weight excluding hydrogens is 335 g/mol. The first-order valence-electron chi connectivity index (χ1n) is 7.97. The van der Waals surface area contributed by atoms with E-state index in [9.17, 15) is 4.39 Å². The zero-order valence-corrected chi connectivity index (χ0v) is 13.8. The molecule has 2 nitrogen and oxygen atoms in total. The highest BCUT2D eigenvalue weighted by Gasteiger charge is 2.17. The van der Waals surface area contributed by atoms with Crippen molar-refractivity contribution in [2.75, 3.05) is 0 Å². The Labute approximate surface area is 147 Å². The maximum absolute atomic E-state index is 14.3. The Morgan fingerprint density at radius 3 is 2.12 bits per heavy atom. The van der Waals surface area contributed by atoms with Crippen molar-refractivity contribution in [3.8, 4) is 11.4 Å². The van der Waals surface area contributed by atoms with Gasteiger partial charge < -0.3 is 4.98 Å². The standard InChI is InChI=1S/C21H12ClFN2/c22-16-10-5-11-17(23)18(16)21-24-19-14-8-3-1-6-12(14)13-7-2-4-9-15(13)20(19)25-21/h1-11H,(H,24,25). The van der Waals surface area contributed by atoms with Gasteiger partial charge in [0.2, 0.25) is 0 Å². The summed E-state index contributed by atoms with van der Waals surface area (Å²) < 4.78 is 14.3. The normalized spacial score (nSPS) is 11.6. The van der Waals surface area contributed by atoms with Crippen molar-refractivity contribution in [1.29, 1.82) is 0 Å². The first kappa shape index (κ1) is 14.4. The van der Waals surface area contributed by atoms with Crippen LogP contribution in [0, 0.1) is 5.82 Å². The predicted octanol–water partition coefficient (Wildman–Crippen LogP) is 6.33. The Hall–Kier alpha value is -2.91. The number of hydrogen-bond donors (Lipinski definition) is 1. The summed E-state index contributed by atoms with van der Waals surface area (Å²) in [5.41, 5.74) is 2.01. The second-order valence-electron chi connectivity index (χ2n) is 6.00. The zero-order valence-electron chi connectivity index (χ0n) is 13.1. The Morgan fingerprint density at radius 2 is 1.40 bits per heavy atom. The van der Waals surface area contributed by atoms with Gasteiger partial charge in [-0.15, -0.1) is 0 Å². The van der Waals surface area contributed by atoms with Crippen LogP contribution >= 0.6 is 11.6 Å². The van der Waals surface area contributed by atoms with Crippen molar-refractivity contribution in [1.82, 2.24) is 9.97 Å². The third kappa shape index (κ3) is 2.06. The second kappa shape index (κ2) is 5.30. The number of hydrogen-bond acceptors (Lipinski definition) is 1. The van der Waals surface area contributed by atoms with Crippen LogP contribution in [0.25, 0.3) is 44.0 Å². The maximum Gasteiger partial charge on any atom is 0.143 e. The number of benzene rings is 4. The van der Waals surface area contributed by atoms with E-state index in [-0.39, 0.29) is 5.82 Å². The number of aromatic amines is 1. The van der Waals surface area contributed by atoms with Gasteiger partial charge in [-0.2, -0.15) is 0 Å². The van der Waals surface area contributed by atoms with Crippen LogP contribution in [0.1, 0.15) is 0 Å². The van der Waals surface area contributed by atoms with E-state index in [0.29, 0.717) is 16.4 Å². The van der Waals surface area contributed by atoms with E-state index in [1.165, 1.54) is 6.07 Å². The lowest BCUT2D eigenvalue weighted by atomic mass is 10.0. The molecule has 0 radical (unpaired) electrons. The highest BCUT2D eigenvalue weighted by atomic mass is 35.5. The highest BCUT2D eigenvalue weighted by Crippen LogP contribution is 2.36. The number of aromatic nitrogens is 2. The van der Waals surface area contributed by atoms with Crippen molar-refractivity contribution >= 4 is 44.2 Å². The van der Waals surface area contributed by atoms with Crippen LogP contribution in [-0.4, -0.2) is 9.97 Å². The molecular formula is C21H12ClFN2. The molecule has 0 amide bonds. The van der Waals surface area contributed by atoms with Gasteiger partial charge in [-0.3, -0.25) is 0 Å². The molecule has 1 N–H and O–H groups in total. The van der Waals surface area contributed by atoms with Gasteiger partial charge in [0.05, 0.1) is 21.6 Å². The number of H-pyrrole nitrogens is 1. The van der Waals surface area contributed by atoms with Crippen molar-refractivity contribution in [3.63, 3.8) is 0 Å². The van der Waals surface area contributed by atoms with Crippen LogP contribution in [0.2, 0.25) is 5.02 Å². The van der Waals surface area contributed by atoms with Gasteiger partial charge >= 0.3 is 0 Å². The second-order valence-corrected chi connectivity index (χ2v) is 6.40. The molecule has 4 heteroatoms. The van der Waals surface area contributed by atoms with Crippen LogP contribution < -0.4 is 0 Å². The zero-order chi connectivity index (χ0) is 17.0. The molecule has 0 fully saturated rings. The van der Waals surface area contributed by atoms with E-state index < -0.39 is 0 Å². The fourth-order valence-corrected chi connectivity index (χ4v) is 3.72. The summed E-state index contributed by atoms with van der Waals surface area (Å²) in [6, 6.07) is 20.9. The summed E-state index contributed by atoms with van der Waals surface area (Å²) in [5.74, 6) is 0.0553. The Balaban J connectivity index is 1.98. The lowest BCUT2D eigenvalue weighted by molar-refractivity contribution is 0.630. The minimum absolute atomic E-state index is 0.300. The Bertz CT molecular complexity index is 1180. The molecule has 0 saturated carbocycles. The molecule has 0 aliphatic rings. The minimum atomic E-state index is -0.389. The molecule has 0 aliphatic carbocycles. The van der Waals surface area contributed by atoms with Crippen molar-refractivity contribution in [3.05, 3.63) is 77.6 Å². The van der Waals surface area contributed by atoms with E-state index in [1.54, 1.807) is 12.1 Å². The molecule has 5 rings (SSSR count). The summed E-state index contributed by atoms with van der Waals surface area (Å²) in [6.45, 7) is 0. The average molecular weight is 347 g/mol. The van der Waals surface area contributed by atoms with E-state index in [1.807, 2.05) is 30.3 Å². The predicted molar refractivity (Wildman–Crippen MR) is 102 cm³/mol. The van der Waals surface area contributed by atoms with Gasteiger partial charge in [0, 0.05) is 10.8 Å². The van der Waals surface area contributed by atoms with Gasteiger partial charge in [-0.25, -0.2) is 9.37 Å². The minimum Gasteiger partial charge on any atom is -0.337 e. The molecule has 120 valence electrons. The van der Waals surface area contributed by atoms with Crippen LogP contribution in [0.3, 0.4) is 0 Å². The van der Waals surface area contributed by atoms with E-state index in [2.05, 4.69) is 23.2 Å². The number of fused-ring (bicyclic) bond motifs is 6. The van der Waals surface area contributed by atoms with Crippen molar-refractivity contribution < 1.29 is 4.39 Å². The summed E-state index contributed by atoms with van der Waals surface area (Å²) in [6.07, 6.45) is 0. The number of nitrogens with one attached hydrogen (secondary N) is 1. The molecule has 0 spiro atoms. The molecule has 0 unspecified atom stereocenters. The summed E-state index contributed by atoms with van der Waals surface area (Å²) in [4.78, 5) is 8.00. The molecule has 0 saturated heterocycles. The number of rotatable bonds is 1. The van der Waals surface area contributed by atoms with Gasteiger partial charge in [-0.1, -0.05) is 66.2 Å². The molecule has 1 heterocycles. The van der Waals surface area contributed by atoms with Crippen LogP contribution in [0.15, 0.2) is 66.7 Å². The molecule has 1 aromatic heterocycles. The van der Waals surface area contributed by atoms with Crippen LogP contribution in [0.5, 0.6) is 0 Å². The van der Waals surface area contributed by atoms with E-state index >= 15 is 0 Å². The monoisotopic (exact) mass is 346 g/mol. The summed E-state index contributed by atoms with van der Waals surface area (Å²) in [5, 5.41) is 4.70. The molecule has 0 bridgehead atoms. The molecule has 25 heavy (non-hydrogen) atoms. The fraction of sp³-hybridized carbons (Fsp3) is 0. The first-order valence-corrected chi connectivity index (χ1v) is 8.35. The molecule has 0 aliphatic heterocycles.